The van der Waals surface area contributed by atoms with E-state index in [1.807, 2.05) is 32.2 Å². The number of hydrogen-bond acceptors (Lipinski definition) is 7. The quantitative estimate of drug-likeness (QED) is 0.502. The molecule has 2 heterocycles. The van der Waals surface area contributed by atoms with E-state index in [9.17, 15) is 4.79 Å². The van der Waals surface area contributed by atoms with Crippen molar-refractivity contribution in [3.05, 3.63) is 30.1 Å². The van der Waals surface area contributed by atoms with Crippen molar-refractivity contribution in [3.63, 3.8) is 0 Å². The third-order valence-corrected chi connectivity index (χ3v) is 4.18. The van der Waals surface area contributed by atoms with Crippen LogP contribution in [-0.2, 0) is 11.8 Å². The summed E-state index contributed by atoms with van der Waals surface area (Å²) in [7, 11) is 1.82. The number of amides is 1. The smallest absolute Gasteiger partial charge is 0.250 e. The van der Waals surface area contributed by atoms with Gasteiger partial charge in [0.1, 0.15) is 6.33 Å². The van der Waals surface area contributed by atoms with Gasteiger partial charge in [-0.25, -0.2) is 5.43 Å². The maximum atomic E-state index is 11.8. The molecule has 1 aromatic carbocycles. The summed E-state index contributed by atoms with van der Waals surface area (Å²) < 4.78 is 12.3. The van der Waals surface area contributed by atoms with Crippen molar-refractivity contribution in [2.24, 2.45) is 12.1 Å². The predicted molar refractivity (Wildman–Crippen MR) is 84.6 cm³/mol. The van der Waals surface area contributed by atoms with Crippen LogP contribution in [0.1, 0.15) is 12.5 Å². The van der Waals surface area contributed by atoms with Crippen LogP contribution in [0.3, 0.4) is 0 Å². The van der Waals surface area contributed by atoms with E-state index >= 15 is 0 Å². The van der Waals surface area contributed by atoms with Gasteiger partial charge in [-0.15, -0.1) is 10.2 Å². The minimum absolute atomic E-state index is 0.210. The molecule has 0 fully saturated rings. The number of carbonyl (C=O) groups is 1. The molecule has 0 saturated carbocycles. The molecule has 9 heteroatoms. The zero-order valence-electron chi connectivity index (χ0n) is 12.6. The van der Waals surface area contributed by atoms with E-state index in [1.165, 1.54) is 11.8 Å². The second kappa shape index (κ2) is 6.69. The third-order valence-electron chi connectivity index (χ3n) is 3.14. The number of hydrazone groups is 1. The first-order valence-corrected chi connectivity index (χ1v) is 7.82. The lowest BCUT2D eigenvalue weighted by molar-refractivity contribution is -0.118. The average molecular weight is 333 g/mol. The Morgan fingerprint density at radius 3 is 3.04 bits per heavy atom. The second-order valence-electron chi connectivity index (χ2n) is 4.81. The molecule has 1 N–H and O–H groups in total. The Labute approximate surface area is 136 Å². The number of carbonyl (C=O) groups excluding carboxylic acids is 1. The molecular formula is C14H15N5O3S. The number of aryl methyl sites for hydroxylation is 1. The van der Waals surface area contributed by atoms with Crippen molar-refractivity contribution in [2.45, 2.75) is 12.1 Å². The van der Waals surface area contributed by atoms with Crippen molar-refractivity contribution < 1.29 is 14.3 Å². The Kier molecular flexibility index (Phi) is 4.47. The summed E-state index contributed by atoms with van der Waals surface area (Å²) in [5, 5.41) is 12.4. The molecule has 0 unspecified atom stereocenters. The first-order chi connectivity index (χ1) is 11.1. The van der Waals surface area contributed by atoms with Crippen molar-refractivity contribution in [3.8, 4) is 11.5 Å². The van der Waals surface area contributed by atoms with Crippen LogP contribution in [0.5, 0.6) is 11.5 Å². The van der Waals surface area contributed by atoms with Gasteiger partial charge >= 0.3 is 0 Å². The third kappa shape index (κ3) is 3.62. The molecule has 1 aromatic heterocycles. The van der Waals surface area contributed by atoms with Gasteiger partial charge in [0.25, 0.3) is 5.91 Å². The molecule has 0 atom stereocenters. The number of hydrogen-bond donors (Lipinski definition) is 1. The number of thioether (sulfide) groups is 1. The molecule has 1 aliphatic rings. The fraction of sp³-hybridized carbons (Fsp3) is 0.286. The highest BCUT2D eigenvalue weighted by molar-refractivity contribution is 7.99. The molecule has 1 aliphatic heterocycles. The summed E-state index contributed by atoms with van der Waals surface area (Å²) in [4.78, 5) is 11.8. The number of benzene rings is 1. The van der Waals surface area contributed by atoms with Gasteiger partial charge in [-0.3, -0.25) is 4.79 Å². The minimum atomic E-state index is -0.210. The Hall–Kier alpha value is -2.55. The van der Waals surface area contributed by atoms with E-state index in [2.05, 4.69) is 20.7 Å². The van der Waals surface area contributed by atoms with Gasteiger partial charge in [0.2, 0.25) is 6.79 Å². The highest BCUT2D eigenvalue weighted by Gasteiger charge is 2.14. The Morgan fingerprint density at radius 1 is 1.43 bits per heavy atom. The van der Waals surface area contributed by atoms with Crippen LogP contribution in [0.25, 0.3) is 0 Å². The fourth-order valence-corrected chi connectivity index (χ4v) is 2.58. The first-order valence-electron chi connectivity index (χ1n) is 6.83. The number of rotatable bonds is 5. The maximum Gasteiger partial charge on any atom is 0.250 e. The van der Waals surface area contributed by atoms with Gasteiger partial charge in [0.15, 0.2) is 16.7 Å². The van der Waals surface area contributed by atoms with E-state index in [0.717, 1.165) is 5.56 Å². The minimum Gasteiger partial charge on any atom is -0.454 e. The first kappa shape index (κ1) is 15.3. The molecule has 0 bridgehead atoms. The number of ether oxygens (including phenoxy) is 2. The van der Waals surface area contributed by atoms with E-state index in [-0.39, 0.29) is 18.5 Å². The van der Waals surface area contributed by atoms with Crippen molar-refractivity contribution in [2.75, 3.05) is 12.5 Å². The summed E-state index contributed by atoms with van der Waals surface area (Å²) in [6.07, 6.45) is 1.59. The summed E-state index contributed by atoms with van der Waals surface area (Å²) in [6, 6.07) is 5.52. The number of fused-ring (bicyclic) bond motifs is 1. The van der Waals surface area contributed by atoms with Crippen LogP contribution >= 0.6 is 11.8 Å². The zero-order valence-corrected chi connectivity index (χ0v) is 13.5. The average Bonchev–Trinajstić information content (AvgIpc) is 3.18. The SMILES string of the molecule is CC(=NNC(=O)CSc1nncn1C)c1ccc2c(c1)OCO2. The number of aromatic nitrogens is 3. The van der Waals surface area contributed by atoms with E-state index in [4.69, 9.17) is 9.47 Å². The Morgan fingerprint density at radius 2 is 2.26 bits per heavy atom. The summed E-state index contributed by atoms with van der Waals surface area (Å²) in [5.41, 5.74) is 4.07. The van der Waals surface area contributed by atoms with Crippen LogP contribution in [-0.4, -0.2) is 38.9 Å². The molecular weight excluding hydrogens is 318 g/mol. The van der Waals surface area contributed by atoms with Gasteiger partial charge < -0.3 is 14.0 Å². The molecule has 8 nitrogen and oxygen atoms in total. The van der Waals surface area contributed by atoms with Crippen molar-refractivity contribution in [1.29, 1.82) is 0 Å². The summed E-state index contributed by atoms with van der Waals surface area (Å²) in [6.45, 7) is 2.04. The van der Waals surface area contributed by atoms with Gasteiger partial charge in [-0.1, -0.05) is 11.8 Å². The summed E-state index contributed by atoms with van der Waals surface area (Å²) in [5.74, 6) is 1.40. The van der Waals surface area contributed by atoms with Crippen LogP contribution in [0.4, 0.5) is 0 Å². The molecule has 23 heavy (non-hydrogen) atoms. The lowest BCUT2D eigenvalue weighted by atomic mass is 10.1. The molecule has 120 valence electrons. The standard InChI is InChI=1S/C14H15N5O3S/c1-9(10-3-4-11-12(5-10)22-8-21-11)16-17-13(20)6-23-14-18-15-7-19(14)2/h3-5,7H,6,8H2,1-2H3,(H,17,20). The molecule has 0 aliphatic carbocycles. The normalized spacial score (nSPS) is 13.2. The Bertz CT molecular complexity index is 759. The monoisotopic (exact) mass is 333 g/mol. The molecule has 0 saturated heterocycles. The molecule has 0 radical (unpaired) electrons. The highest BCUT2D eigenvalue weighted by Crippen LogP contribution is 2.32. The van der Waals surface area contributed by atoms with Gasteiger partial charge in [-0.05, 0) is 25.1 Å². The number of nitrogens with one attached hydrogen (secondary N) is 1. The molecule has 0 spiro atoms. The second-order valence-corrected chi connectivity index (χ2v) is 5.76. The topological polar surface area (TPSA) is 90.6 Å². The van der Waals surface area contributed by atoms with Gasteiger partial charge in [0.05, 0.1) is 11.5 Å². The number of nitrogens with zero attached hydrogens (tertiary/aromatic N) is 4. The van der Waals surface area contributed by atoms with Crippen molar-refractivity contribution in [1.82, 2.24) is 20.2 Å². The molecule has 1 amide bonds. The van der Waals surface area contributed by atoms with Crippen LogP contribution < -0.4 is 14.9 Å². The predicted octanol–water partition coefficient (Wildman–Crippen LogP) is 1.18. The molecule has 3 rings (SSSR count). The fourth-order valence-electron chi connectivity index (χ4n) is 1.90. The van der Waals surface area contributed by atoms with Gasteiger partial charge in [0, 0.05) is 12.6 Å². The van der Waals surface area contributed by atoms with Crippen LogP contribution in [0, 0.1) is 0 Å². The highest BCUT2D eigenvalue weighted by atomic mass is 32.2. The van der Waals surface area contributed by atoms with E-state index in [1.54, 1.807) is 10.9 Å². The lowest BCUT2D eigenvalue weighted by Gasteiger charge is -2.04. The maximum absolute atomic E-state index is 11.8. The lowest BCUT2D eigenvalue weighted by Crippen LogP contribution is -2.21. The van der Waals surface area contributed by atoms with Gasteiger partial charge in [-0.2, -0.15) is 5.10 Å². The van der Waals surface area contributed by atoms with Crippen LogP contribution in [0.2, 0.25) is 0 Å². The van der Waals surface area contributed by atoms with Crippen molar-refractivity contribution >= 4 is 23.4 Å². The zero-order chi connectivity index (χ0) is 16.2. The summed E-state index contributed by atoms with van der Waals surface area (Å²) >= 11 is 1.30. The molecule has 2 aromatic rings. The van der Waals surface area contributed by atoms with E-state index in [0.29, 0.717) is 22.4 Å². The largest absolute Gasteiger partial charge is 0.454 e. The Balaban J connectivity index is 1.56. The van der Waals surface area contributed by atoms with E-state index < -0.39 is 0 Å². The van der Waals surface area contributed by atoms with Crippen LogP contribution in [0.15, 0.2) is 34.8 Å².